The van der Waals surface area contributed by atoms with Crippen molar-refractivity contribution in [3.8, 4) is 0 Å². The van der Waals surface area contributed by atoms with Crippen molar-refractivity contribution in [3.63, 3.8) is 0 Å². The lowest BCUT2D eigenvalue weighted by atomic mass is 9.81. The normalized spacial score (nSPS) is 15.5. The van der Waals surface area contributed by atoms with Crippen LogP contribution in [0.4, 0.5) is 8.78 Å². The van der Waals surface area contributed by atoms with Crippen LogP contribution in [0.3, 0.4) is 0 Å². The molecule has 0 bridgehead atoms. The first-order chi connectivity index (χ1) is 5.77. The second-order valence-corrected chi connectivity index (χ2v) is 4.65. The molecule has 0 aromatic rings. The van der Waals surface area contributed by atoms with Gasteiger partial charge in [-0.25, -0.2) is 8.78 Å². The number of alkyl halides is 2. The third-order valence-corrected chi connectivity index (χ3v) is 2.82. The molecule has 0 fully saturated rings. The van der Waals surface area contributed by atoms with Crippen molar-refractivity contribution in [3.05, 3.63) is 0 Å². The zero-order valence-electron chi connectivity index (χ0n) is 9.20. The Bertz CT molecular complexity index is 144. The highest BCUT2D eigenvalue weighted by Gasteiger charge is 2.24. The topological polar surface area (TPSA) is 12.0 Å². The maximum Gasteiger partial charge on any atom is 0.253 e. The molecule has 0 aliphatic rings. The van der Waals surface area contributed by atoms with Gasteiger partial charge in [0.1, 0.15) is 0 Å². The van der Waals surface area contributed by atoms with E-state index in [2.05, 4.69) is 33.0 Å². The third kappa shape index (κ3) is 4.55. The van der Waals surface area contributed by atoms with Gasteiger partial charge < -0.3 is 5.32 Å². The monoisotopic (exact) mass is 193 g/mol. The molecule has 0 amide bonds. The molecule has 0 spiro atoms. The van der Waals surface area contributed by atoms with E-state index in [9.17, 15) is 8.78 Å². The summed E-state index contributed by atoms with van der Waals surface area (Å²) in [5.41, 5.74) is 0.0726. The molecule has 0 radical (unpaired) electrons. The average molecular weight is 193 g/mol. The Morgan fingerprint density at radius 1 is 1.15 bits per heavy atom. The highest BCUT2D eigenvalue weighted by Crippen LogP contribution is 2.24. The van der Waals surface area contributed by atoms with Gasteiger partial charge in [0.15, 0.2) is 0 Å². The molecule has 1 nitrogen and oxygen atoms in total. The predicted molar refractivity (Wildman–Crippen MR) is 52.1 cm³/mol. The first-order valence-corrected chi connectivity index (χ1v) is 4.79. The van der Waals surface area contributed by atoms with E-state index in [1.165, 1.54) is 6.92 Å². The maximum absolute atomic E-state index is 12.1. The smallest absolute Gasteiger partial charge is 0.253 e. The Balaban J connectivity index is 3.88. The van der Waals surface area contributed by atoms with Gasteiger partial charge in [0.05, 0.1) is 6.04 Å². The van der Waals surface area contributed by atoms with Crippen molar-refractivity contribution < 1.29 is 8.78 Å². The molecule has 1 N–H and O–H groups in total. The molecular weight excluding hydrogens is 172 g/mol. The first-order valence-electron chi connectivity index (χ1n) is 4.79. The van der Waals surface area contributed by atoms with Gasteiger partial charge >= 0.3 is 0 Å². The molecule has 0 saturated carbocycles. The fraction of sp³-hybridized carbons (Fsp3) is 1.00. The van der Waals surface area contributed by atoms with E-state index in [0.29, 0.717) is 12.5 Å². The lowest BCUT2D eigenvalue weighted by molar-refractivity contribution is 0.0956. The fourth-order valence-corrected chi connectivity index (χ4v) is 0.717. The molecule has 0 aliphatic heterocycles. The zero-order chi connectivity index (χ0) is 10.6. The van der Waals surface area contributed by atoms with Crippen LogP contribution in [0.2, 0.25) is 0 Å². The van der Waals surface area contributed by atoms with Gasteiger partial charge in [0, 0.05) is 6.54 Å². The first kappa shape index (κ1) is 12.8. The second-order valence-electron chi connectivity index (χ2n) is 4.65. The Morgan fingerprint density at radius 3 is 1.92 bits per heavy atom. The van der Waals surface area contributed by atoms with Gasteiger partial charge in [-0.3, -0.25) is 0 Å². The Hall–Kier alpha value is -0.180. The number of halogens is 2. The van der Waals surface area contributed by atoms with Crippen LogP contribution >= 0.6 is 0 Å². The lowest BCUT2D eigenvalue weighted by Crippen LogP contribution is -2.41. The molecule has 0 aromatic heterocycles. The second kappa shape index (κ2) is 4.89. The number of rotatable bonds is 5. The van der Waals surface area contributed by atoms with Crippen LogP contribution in [0, 0.1) is 11.3 Å². The minimum atomic E-state index is -2.28. The minimum absolute atomic E-state index is 0.0726. The molecule has 1 atom stereocenters. The molecule has 0 heterocycles. The van der Waals surface area contributed by atoms with Gasteiger partial charge in [0.2, 0.25) is 0 Å². The number of nitrogens with one attached hydrogen (secondary N) is 1. The van der Waals surface area contributed by atoms with Crippen molar-refractivity contribution in [2.24, 2.45) is 11.3 Å². The molecule has 0 rings (SSSR count). The Kier molecular flexibility index (Phi) is 4.82. The van der Waals surface area contributed by atoms with Crippen LogP contribution in [-0.4, -0.2) is 19.0 Å². The highest BCUT2D eigenvalue weighted by atomic mass is 19.3. The Morgan fingerprint density at radius 2 is 1.62 bits per heavy atom. The van der Waals surface area contributed by atoms with E-state index < -0.39 is 12.5 Å². The summed E-state index contributed by atoms with van der Waals surface area (Å²) in [7, 11) is 0. The summed E-state index contributed by atoms with van der Waals surface area (Å²) in [4.78, 5) is 0. The zero-order valence-corrected chi connectivity index (χ0v) is 9.20. The van der Waals surface area contributed by atoms with Gasteiger partial charge in [-0.15, -0.1) is 0 Å². The summed E-state index contributed by atoms with van der Waals surface area (Å²) in [5, 5.41) is 2.85. The van der Waals surface area contributed by atoms with E-state index in [1.807, 2.05) is 0 Å². The van der Waals surface area contributed by atoms with E-state index in [-0.39, 0.29) is 5.41 Å². The largest absolute Gasteiger partial charge is 0.309 e. The number of hydrogen-bond acceptors (Lipinski definition) is 1. The minimum Gasteiger partial charge on any atom is -0.309 e. The van der Waals surface area contributed by atoms with Crippen molar-refractivity contribution >= 4 is 0 Å². The SMILES string of the molecule is CC(NCC(C)(C)C(C)C)C(F)F. The third-order valence-electron chi connectivity index (χ3n) is 2.82. The Labute approximate surface area is 79.9 Å². The van der Waals surface area contributed by atoms with Crippen molar-refractivity contribution in [2.75, 3.05) is 6.54 Å². The van der Waals surface area contributed by atoms with Crippen LogP contribution < -0.4 is 5.32 Å². The summed E-state index contributed by atoms with van der Waals surface area (Å²) in [6.07, 6.45) is -2.28. The average Bonchev–Trinajstić information content (AvgIpc) is 1.99. The molecule has 1 unspecified atom stereocenters. The molecule has 80 valence electrons. The quantitative estimate of drug-likeness (QED) is 0.708. The molecule has 0 aliphatic carbocycles. The van der Waals surface area contributed by atoms with E-state index in [4.69, 9.17) is 0 Å². The highest BCUT2D eigenvalue weighted by molar-refractivity contribution is 4.77. The van der Waals surface area contributed by atoms with Crippen LogP contribution in [0.15, 0.2) is 0 Å². The lowest BCUT2D eigenvalue weighted by Gasteiger charge is -2.31. The van der Waals surface area contributed by atoms with Crippen LogP contribution in [-0.2, 0) is 0 Å². The summed E-state index contributed by atoms with van der Waals surface area (Å²) >= 11 is 0. The van der Waals surface area contributed by atoms with Crippen molar-refractivity contribution in [1.29, 1.82) is 0 Å². The summed E-state index contributed by atoms with van der Waals surface area (Å²) in [6.45, 7) is 10.5. The van der Waals surface area contributed by atoms with E-state index in [1.54, 1.807) is 0 Å². The van der Waals surface area contributed by atoms with Crippen molar-refractivity contribution in [1.82, 2.24) is 5.32 Å². The fourth-order valence-electron chi connectivity index (χ4n) is 0.717. The molecule has 13 heavy (non-hydrogen) atoms. The van der Waals surface area contributed by atoms with Gasteiger partial charge in [-0.05, 0) is 18.3 Å². The van der Waals surface area contributed by atoms with E-state index in [0.717, 1.165) is 0 Å². The maximum atomic E-state index is 12.1. The van der Waals surface area contributed by atoms with Gasteiger partial charge in [-0.2, -0.15) is 0 Å². The standard InChI is InChI=1S/C10H21F2N/c1-7(2)10(4,5)6-13-8(3)9(11)12/h7-9,13H,6H2,1-5H3. The molecule has 0 aromatic carbocycles. The van der Waals surface area contributed by atoms with Crippen LogP contribution in [0.25, 0.3) is 0 Å². The van der Waals surface area contributed by atoms with Crippen LogP contribution in [0.1, 0.15) is 34.6 Å². The molecule has 0 saturated heterocycles. The summed E-state index contributed by atoms with van der Waals surface area (Å²) in [6, 6.07) is -0.710. The number of hydrogen-bond donors (Lipinski definition) is 1. The van der Waals surface area contributed by atoms with Crippen LogP contribution in [0.5, 0.6) is 0 Å². The van der Waals surface area contributed by atoms with Crippen molar-refractivity contribution in [2.45, 2.75) is 47.1 Å². The predicted octanol–water partition coefficient (Wildman–Crippen LogP) is 2.91. The van der Waals surface area contributed by atoms with Gasteiger partial charge in [0.25, 0.3) is 6.43 Å². The van der Waals surface area contributed by atoms with E-state index >= 15 is 0 Å². The summed E-state index contributed by atoms with van der Waals surface area (Å²) in [5.74, 6) is 0.491. The molecule has 3 heteroatoms. The van der Waals surface area contributed by atoms with Gasteiger partial charge in [-0.1, -0.05) is 27.7 Å². The summed E-state index contributed by atoms with van der Waals surface area (Å²) < 4.78 is 24.3. The molecular formula is C10H21F2N.